The molecule has 0 saturated heterocycles. The molecule has 2 nitrogen and oxygen atoms in total. The lowest BCUT2D eigenvalue weighted by atomic mass is 10.1. The van der Waals surface area contributed by atoms with Crippen LogP contribution in [0.25, 0.3) is 6.08 Å². The van der Waals surface area contributed by atoms with Crippen molar-refractivity contribution in [1.29, 1.82) is 0 Å². The number of aryl methyl sites for hydroxylation is 1. The summed E-state index contributed by atoms with van der Waals surface area (Å²) >= 11 is 0. The van der Waals surface area contributed by atoms with Crippen molar-refractivity contribution in [1.82, 2.24) is 5.32 Å². The average Bonchev–Trinajstić information content (AvgIpc) is 2.30. The molecule has 1 rings (SSSR count). The summed E-state index contributed by atoms with van der Waals surface area (Å²) in [7, 11) is 1.70. The largest absolute Gasteiger partial charge is 0.497 e. The minimum Gasteiger partial charge on any atom is -0.497 e. The molecule has 0 radical (unpaired) electrons. The fourth-order valence-corrected chi connectivity index (χ4v) is 1.53. The van der Waals surface area contributed by atoms with E-state index in [-0.39, 0.29) is 0 Å². The standard InChI is InChI=1S/C14H21NO/c1-4-15-10-6-5-7-13-8-9-14(16-3)11-12(13)2/h5,7-9,11,15H,4,6,10H2,1-3H3. The van der Waals surface area contributed by atoms with Crippen LogP contribution >= 0.6 is 0 Å². The second-order valence-corrected chi connectivity index (χ2v) is 3.77. The molecule has 0 aromatic heterocycles. The zero-order chi connectivity index (χ0) is 11.8. The first kappa shape index (κ1) is 12.8. The van der Waals surface area contributed by atoms with Gasteiger partial charge in [0.15, 0.2) is 0 Å². The third-order valence-corrected chi connectivity index (χ3v) is 2.51. The van der Waals surface area contributed by atoms with Crippen LogP contribution in [-0.2, 0) is 0 Å². The van der Waals surface area contributed by atoms with Gasteiger partial charge in [-0.25, -0.2) is 0 Å². The van der Waals surface area contributed by atoms with Gasteiger partial charge in [-0.2, -0.15) is 0 Å². The summed E-state index contributed by atoms with van der Waals surface area (Å²) in [5, 5.41) is 3.30. The van der Waals surface area contributed by atoms with E-state index in [4.69, 9.17) is 4.74 Å². The highest BCUT2D eigenvalue weighted by Crippen LogP contribution is 2.17. The van der Waals surface area contributed by atoms with Gasteiger partial charge in [0.1, 0.15) is 5.75 Å². The minimum absolute atomic E-state index is 0.919. The van der Waals surface area contributed by atoms with Gasteiger partial charge in [-0.3, -0.25) is 0 Å². The molecule has 16 heavy (non-hydrogen) atoms. The van der Waals surface area contributed by atoms with Crippen LogP contribution < -0.4 is 10.1 Å². The minimum atomic E-state index is 0.919. The van der Waals surface area contributed by atoms with Crippen molar-refractivity contribution >= 4 is 6.08 Å². The van der Waals surface area contributed by atoms with Crippen molar-refractivity contribution in [2.24, 2.45) is 0 Å². The predicted octanol–water partition coefficient (Wildman–Crippen LogP) is 3.02. The highest BCUT2D eigenvalue weighted by atomic mass is 16.5. The zero-order valence-electron chi connectivity index (χ0n) is 10.4. The molecule has 0 saturated carbocycles. The van der Waals surface area contributed by atoms with Crippen LogP contribution in [0.1, 0.15) is 24.5 Å². The second kappa shape index (κ2) is 7.07. The third-order valence-electron chi connectivity index (χ3n) is 2.51. The SMILES string of the molecule is CCNCCC=Cc1ccc(OC)cc1C. The van der Waals surface area contributed by atoms with Crippen molar-refractivity contribution in [3.05, 3.63) is 35.4 Å². The summed E-state index contributed by atoms with van der Waals surface area (Å²) < 4.78 is 5.17. The Hall–Kier alpha value is -1.28. The van der Waals surface area contributed by atoms with E-state index in [2.05, 4.69) is 43.4 Å². The second-order valence-electron chi connectivity index (χ2n) is 3.77. The van der Waals surface area contributed by atoms with Gasteiger partial charge in [0.2, 0.25) is 0 Å². The molecule has 0 heterocycles. The highest BCUT2D eigenvalue weighted by Gasteiger charge is 1.96. The lowest BCUT2D eigenvalue weighted by Gasteiger charge is -2.04. The number of hydrogen-bond acceptors (Lipinski definition) is 2. The van der Waals surface area contributed by atoms with Crippen molar-refractivity contribution in [2.45, 2.75) is 20.3 Å². The maximum atomic E-state index is 5.17. The van der Waals surface area contributed by atoms with Gasteiger partial charge in [-0.05, 0) is 49.7 Å². The third kappa shape index (κ3) is 4.07. The first-order valence-corrected chi connectivity index (χ1v) is 5.79. The number of rotatable bonds is 6. The molecule has 1 aromatic rings. The Labute approximate surface area is 98.3 Å². The summed E-state index contributed by atoms with van der Waals surface area (Å²) in [4.78, 5) is 0. The number of hydrogen-bond donors (Lipinski definition) is 1. The van der Waals surface area contributed by atoms with Gasteiger partial charge in [0.05, 0.1) is 7.11 Å². The van der Waals surface area contributed by atoms with Crippen molar-refractivity contribution in [3.8, 4) is 5.75 Å². The fraction of sp³-hybridized carbons (Fsp3) is 0.429. The van der Waals surface area contributed by atoms with E-state index >= 15 is 0 Å². The number of methoxy groups -OCH3 is 1. The van der Waals surface area contributed by atoms with Gasteiger partial charge in [-0.15, -0.1) is 0 Å². The molecule has 0 unspecified atom stereocenters. The maximum Gasteiger partial charge on any atom is 0.119 e. The molecule has 0 fully saturated rings. The Balaban J connectivity index is 2.53. The average molecular weight is 219 g/mol. The number of benzene rings is 1. The van der Waals surface area contributed by atoms with Gasteiger partial charge in [0.25, 0.3) is 0 Å². The van der Waals surface area contributed by atoms with E-state index in [1.807, 2.05) is 6.07 Å². The molecule has 0 atom stereocenters. The molecular formula is C14H21NO. The Bertz CT molecular complexity index is 345. The number of nitrogens with one attached hydrogen (secondary N) is 1. The molecule has 0 aliphatic rings. The quantitative estimate of drug-likeness (QED) is 0.743. The molecule has 0 bridgehead atoms. The van der Waals surface area contributed by atoms with E-state index in [1.165, 1.54) is 11.1 Å². The van der Waals surface area contributed by atoms with Gasteiger partial charge in [0, 0.05) is 0 Å². The molecule has 0 aliphatic heterocycles. The smallest absolute Gasteiger partial charge is 0.119 e. The normalized spacial score (nSPS) is 10.9. The van der Waals surface area contributed by atoms with E-state index < -0.39 is 0 Å². The van der Waals surface area contributed by atoms with Crippen LogP contribution in [0.5, 0.6) is 5.75 Å². The van der Waals surface area contributed by atoms with Crippen molar-refractivity contribution in [3.63, 3.8) is 0 Å². The summed E-state index contributed by atoms with van der Waals surface area (Å²) in [5.41, 5.74) is 2.51. The summed E-state index contributed by atoms with van der Waals surface area (Å²) in [6, 6.07) is 6.15. The first-order chi connectivity index (χ1) is 7.77. The fourth-order valence-electron chi connectivity index (χ4n) is 1.53. The van der Waals surface area contributed by atoms with E-state index in [0.29, 0.717) is 0 Å². The van der Waals surface area contributed by atoms with Gasteiger partial charge in [-0.1, -0.05) is 25.1 Å². The van der Waals surface area contributed by atoms with E-state index in [9.17, 15) is 0 Å². The Morgan fingerprint density at radius 2 is 2.19 bits per heavy atom. The topological polar surface area (TPSA) is 21.3 Å². The van der Waals surface area contributed by atoms with Crippen LogP contribution in [0, 0.1) is 6.92 Å². The Morgan fingerprint density at radius 3 is 2.81 bits per heavy atom. The molecule has 0 aliphatic carbocycles. The van der Waals surface area contributed by atoms with E-state index in [1.54, 1.807) is 7.11 Å². The van der Waals surface area contributed by atoms with Crippen LogP contribution in [-0.4, -0.2) is 20.2 Å². The predicted molar refractivity (Wildman–Crippen MR) is 69.9 cm³/mol. The molecule has 88 valence electrons. The Morgan fingerprint density at radius 1 is 1.38 bits per heavy atom. The monoisotopic (exact) mass is 219 g/mol. The molecule has 0 amide bonds. The lowest BCUT2D eigenvalue weighted by molar-refractivity contribution is 0.414. The summed E-state index contributed by atoms with van der Waals surface area (Å²) in [5.74, 6) is 0.919. The van der Waals surface area contributed by atoms with Gasteiger partial charge >= 0.3 is 0 Å². The zero-order valence-corrected chi connectivity index (χ0v) is 10.4. The first-order valence-electron chi connectivity index (χ1n) is 5.79. The summed E-state index contributed by atoms with van der Waals surface area (Å²) in [6.45, 7) is 6.31. The molecule has 2 heteroatoms. The van der Waals surface area contributed by atoms with Crippen LogP contribution in [0.4, 0.5) is 0 Å². The molecular weight excluding hydrogens is 198 g/mol. The van der Waals surface area contributed by atoms with Crippen LogP contribution in [0.15, 0.2) is 24.3 Å². The summed E-state index contributed by atoms with van der Waals surface area (Å²) in [6.07, 6.45) is 5.45. The molecule has 1 aromatic carbocycles. The van der Waals surface area contributed by atoms with Crippen molar-refractivity contribution < 1.29 is 4.74 Å². The van der Waals surface area contributed by atoms with Crippen molar-refractivity contribution in [2.75, 3.05) is 20.2 Å². The number of ether oxygens (including phenoxy) is 1. The highest BCUT2D eigenvalue weighted by molar-refractivity contribution is 5.55. The van der Waals surface area contributed by atoms with Gasteiger partial charge < -0.3 is 10.1 Å². The lowest BCUT2D eigenvalue weighted by Crippen LogP contribution is -2.12. The molecule has 0 spiro atoms. The molecule has 1 N–H and O–H groups in total. The van der Waals surface area contributed by atoms with Crippen LogP contribution in [0.2, 0.25) is 0 Å². The van der Waals surface area contributed by atoms with Crippen LogP contribution in [0.3, 0.4) is 0 Å². The maximum absolute atomic E-state index is 5.17. The Kier molecular flexibility index (Phi) is 5.65. The van der Waals surface area contributed by atoms with E-state index in [0.717, 1.165) is 25.3 Å².